The minimum atomic E-state index is 0.774. The van der Waals surface area contributed by atoms with Gasteiger partial charge in [0.05, 0.1) is 0 Å². The molecule has 0 aliphatic heterocycles. The summed E-state index contributed by atoms with van der Waals surface area (Å²) < 4.78 is 0. The van der Waals surface area contributed by atoms with Crippen molar-refractivity contribution in [1.82, 2.24) is 0 Å². The molecule has 0 amide bonds. The van der Waals surface area contributed by atoms with Gasteiger partial charge in [-0.2, -0.15) is 0 Å². The predicted molar refractivity (Wildman–Crippen MR) is 31.9 cm³/mol. The monoisotopic (exact) mass is 101 g/mol. The lowest BCUT2D eigenvalue weighted by Gasteiger charge is -1.83. The Kier molecular flexibility index (Phi) is 3.34. The molecule has 0 bridgehead atoms. The summed E-state index contributed by atoms with van der Waals surface area (Å²) in [5.74, 6) is 0.774. The highest BCUT2D eigenvalue weighted by Crippen LogP contribution is 1.91. The van der Waals surface area contributed by atoms with Crippen LogP contribution in [-0.2, 0) is 0 Å². The molecule has 1 radical (unpaired) electrons. The van der Waals surface area contributed by atoms with Crippen LogP contribution in [0.3, 0.4) is 0 Å². The van der Waals surface area contributed by atoms with Crippen molar-refractivity contribution >= 4 is 12.6 Å². The maximum absolute atomic E-state index is 4.71. The van der Waals surface area contributed by atoms with Gasteiger partial charge in [0.2, 0.25) is 0 Å². The van der Waals surface area contributed by atoms with Gasteiger partial charge in [0, 0.05) is 5.75 Å². The Bertz CT molecular complexity index is 55.0. The van der Waals surface area contributed by atoms with Crippen molar-refractivity contribution in [3.63, 3.8) is 0 Å². The van der Waals surface area contributed by atoms with Crippen LogP contribution < -0.4 is 0 Å². The number of hydrogen-bond donors (Lipinski definition) is 0. The molecule has 0 N–H and O–H groups in total. The Morgan fingerprint density at radius 3 is 2.33 bits per heavy atom. The molecule has 0 aromatic carbocycles. The van der Waals surface area contributed by atoms with Crippen LogP contribution in [0.15, 0.2) is 11.6 Å². The molecule has 0 rings (SSSR count). The van der Waals surface area contributed by atoms with E-state index in [1.54, 1.807) is 0 Å². The fraction of sp³-hybridized carbons (Fsp3) is 0.600. The van der Waals surface area contributed by atoms with E-state index in [0.717, 1.165) is 5.75 Å². The SMILES string of the molecule is C/C=C(\C)C[S]. The quantitative estimate of drug-likeness (QED) is 0.444. The van der Waals surface area contributed by atoms with E-state index in [4.69, 9.17) is 12.6 Å². The zero-order chi connectivity index (χ0) is 4.99. The van der Waals surface area contributed by atoms with Crippen LogP contribution in [0.1, 0.15) is 13.8 Å². The molecule has 0 heterocycles. The van der Waals surface area contributed by atoms with Crippen molar-refractivity contribution in [1.29, 1.82) is 0 Å². The maximum Gasteiger partial charge on any atom is 0.0244 e. The van der Waals surface area contributed by atoms with E-state index < -0.39 is 0 Å². The lowest BCUT2D eigenvalue weighted by molar-refractivity contribution is 1.39. The Labute approximate surface area is 44.7 Å². The van der Waals surface area contributed by atoms with Crippen molar-refractivity contribution in [2.24, 2.45) is 0 Å². The topological polar surface area (TPSA) is 0 Å². The molecule has 0 fully saturated rings. The van der Waals surface area contributed by atoms with Crippen LogP contribution in [0.5, 0.6) is 0 Å². The van der Waals surface area contributed by atoms with Crippen LogP contribution in [0.25, 0.3) is 0 Å². The average molecular weight is 101 g/mol. The summed E-state index contributed by atoms with van der Waals surface area (Å²) in [5, 5.41) is 0. The van der Waals surface area contributed by atoms with Gasteiger partial charge in [-0.05, 0) is 13.8 Å². The van der Waals surface area contributed by atoms with Gasteiger partial charge >= 0.3 is 0 Å². The first-order valence-corrected chi connectivity index (χ1v) is 2.59. The minimum Gasteiger partial charge on any atom is -0.0894 e. The van der Waals surface area contributed by atoms with Crippen molar-refractivity contribution in [3.8, 4) is 0 Å². The molecular weight excluding hydrogens is 92.1 g/mol. The minimum absolute atomic E-state index is 0.774. The third-order valence-corrected chi connectivity index (χ3v) is 1.18. The maximum atomic E-state index is 4.71. The van der Waals surface area contributed by atoms with Crippen molar-refractivity contribution in [3.05, 3.63) is 11.6 Å². The van der Waals surface area contributed by atoms with Crippen molar-refractivity contribution in [2.75, 3.05) is 5.75 Å². The Hall–Kier alpha value is 0.0900. The smallest absolute Gasteiger partial charge is 0.0244 e. The van der Waals surface area contributed by atoms with Gasteiger partial charge < -0.3 is 0 Å². The lowest BCUT2D eigenvalue weighted by atomic mass is 10.3. The Morgan fingerprint density at radius 1 is 1.83 bits per heavy atom. The number of allylic oxidation sites excluding steroid dienone is 1. The highest BCUT2D eigenvalue weighted by Gasteiger charge is 1.74. The normalized spacial score (nSPS) is 12.2. The highest BCUT2D eigenvalue weighted by molar-refractivity contribution is 7.80. The first kappa shape index (κ1) is 6.09. The second-order valence-electron chi connectivity index (χ2n) is 1.28. The summed E-state index contributed by atoms with van der Waals surface area (Å²) in [4.78, 5) is 0. The zero-order valence-corrected chi connectivity index (χ0v) is 5.01. The second-order valence-corrected chi connectivity index (χ2v) is 1.57. The van der Waals surface area contributed by atoms with E-state index in [1.165, 1.54) is 5.57 Å². The van der Waals surface area contributed by atoms with Gasteiger partial charge in [-0.25, -0.2) is 0 Å². The summed E-state index contributed by atoms with van der Waals surface area (Å²) in [7, 11) is 0. The summed E-state index contributed by atoms with van der Waals surface area (Å²) in [6.45, 7) is 4.04. The molecule has 0 saturated carbocycles. The predicted octanol–water partition coefficient (Wildman–Crippen LogP) is 2.15. The van der Waals surface area contributed by atoms with E-state index in [-0.39, 0.29) is 0 Å². The first-order chi connectivity index (χ1) is 2.81. The summed E-state index contributed by atoms with van der Waals surface area (Å²) in [5.41, 5.74) is 1.28. The largest absolute Gasteiger partial charge is 0.0894 e. The highest BCUT2D eigenvalue weighted by atomic mass is 32.1. The fourth-order valence-corrected chi connectivity index (χ4v) is 0.250. The number of rotatable bonds is 1. The fourth-order valence-electron chi connectivity index (χ4n) is 0.0833. The van der Waals surface area contributed by atoms with E-state index in [1.807, 2.05) is 19.9 Å². The van der Waals surface area contributed by atoms with Gasteiger partial charge in [0.15, 0.2) is 0 Å². The lowest BCUT2D eigenvalue weighted by Crippen LogP contribution is -1.70. The van der Waals surface area contributed by atoms with E-state index in [0.29, 0.717) is 0 Å². The van der Waals surface area contributed by atoms with E-state index in [2.05, 4.69) is 0 Å². The molecule has 1 heteroatoms. The molecule has 0 aromatic heterocycles. The summed E-state index contributed by atoms with van der Waals surface area (Å²) in [6.07, 6.45) is 2.03. The van der Waals surface area contributed by atoms with Gasteiger partial charge in [0.1, 0.15) is 0 Å². The second kappa shape index (κ2) is 3.29. The van der Waals surface area contributed by atoms with Crippen molar-refractivity contribution in [2.45, 2.75) is 13.8 Å². The van der Waals surface area contributed by atoms with Gasteiger partial charge in [-0.1, -0.05) is 24.3 Å². The molecule has 6 heavy (non-hydrogen) atoms. The van der Waals surface area contributed by atoms with Crippen LogP contribution in [0, 0.1) is 0 Å². The first-order valence-electron chi connectivity index (χ1n) is 2.01. The third kappa shape index (κ3) is 2.33. The van der Waals surface area contributed by atoms with Crippen LogP contribution in [0.4, 0.5) is 0 Å². The van der Waals surface area contributed by atoms with Crippen LogP contribution >= 0.6 is 12.6 Å². The molecule has 0 atom stereocenters. The average Bonchev–Trinajstić information content (AvgIpc) is 1.65. The number of hydrogen-bond acceptors (Lipinski definition) is 0. The third-order valence-electron chi connectivity index (χ3n) is 0.720. The molecular formula is C5H9S. The molecule has 0 unspecified atom stereocenters. The Balaban J connectivity index is 3.22. The van der Waals surface area contributed by atoms with Crippen LogP contribution in [-0.4, -0.2) is 5.75 Å². The van der Waals surface area contributed by atoms with Gasteiger partial charge in [0.25, 0.3) is 0 Å². The summed E-state index contributed by atoms with van der Waals surface area (Å²) >= 11 is 4.71. The Morgan fingerprint density at radius 2 is 2.33 bits per heavy atom. The zero-order valence-electron chi connectivity index (χ0n) is 4.19. The molecule has 0 aromatic rings. The molecule has 35 valence electrons. The van der Waals surface area contributed by atoms with E-state index in [9.17, 15) is 0 Å². The molecule has 0 aliphatic carbocycles. The molecule has 0 aliphatic rings. The van der Waals surface area contributed by atoms with E-state index >= 15 is 0 Å². The summed E-state index contributed by atoms with van der Waals surface area (Å²) in [6, 6.07) is 0. The van der Waals surface area contributed by atoms with Crippen LogP contribution in [0.2, 0.25) is 0 Å². The van der Waals surface area contributed by atoms with Gasteiger partial charge in [-0.15, -0.1) is 0 Å². The van der Waals surface area contributed by atoms with Crippen molar-refractivity contribution < 1.29 is 0 Å². The molecule has 0 saturated heterocycles. The molecule has 0 nitrogen and oxygen atoms in total. The standard InChI is InChI=1S/C5H9S/c1-3-5(2)4-6/h3H,4H2,1-2H3/b5-3+. The molecule has 0 spiro atoms. The van der Waals surface area contributed by atoms with Gasteiger partial charge in [-0.3, -0.25) is 0 Å².